The van der Waals surface area contributed by atoms with E-state index in [0.29, 0.717) is 46.4 Å². The molecular formula is C26H26F3N5O7S2. The van der Waals surface area contributed by atoms with Crippen molar-refractivity contribution in [3.63, 3.8) is 0 Å². The summed E-state index contributed by atoms with van der Waals surface area (Å²) in [5.74, 6) is -0.362. The highest BCUT2D eigenvalue weighted by molar-refractivity contribution is 7.93. The third kappa shape index (κ3) is 8.20. The third-order valence-corrected chi connectivity index (χ3v) is 7.65. The zero-order valence-electron chi connectivity index (χ0n) is 22.9. The van der Waals surface area contributed by atoms with Crippen LogP contribution in [0.25, 0.3) is 11.0 Å². The summed E-state index contributed by atoms with van der Waals surface area (Å²) in [5.41, 5.74) is -0.737. The topological polar surface area (TPSA) is 159 Å². The van der Waals surface area contributed by atoms with Gasteiger partial charge in [-0.2, -0.15) is 21.6 Å². The van der Waals surface area contributed by atoms with Crippen LogP contribution >= 0.6 is 0 Å². The third-order valence-electron chi connectivity index (χ3n) is 5.89. The SMILES string of the molecule is Cc1cc(Nc2ncnc3ccn(CCNC(=O)C(OS(C)(=O)=O)S(C)(=O)=O)c23)ccc1Oc1cccc(C(F)(F)F)c1. The Balaban J connectivity index is 1.48. The van der Waals surface area contributed by atoms with Gasteiger partial charge in [-0.1, -0.05) is 6.07 Å². The Morgan fingerprint density at radius 3 is 2.44 bits per heavy atom. The number of halogens is 3. The molecule has 0 radical (unpaired) electrons. The summed E-state index contributed by atoms with van der Waals surface area (Å²) < 4.78 is 97.6. The van der Waals surface area contributed by atoms with Gasteiger partial charge >= 0.3 is 6.18 Å². The van der Waals surface area contributed by atoms with E-state index < -0.39 is 43.0 Å². The van der Waals surface area contributed by atoms with Gasteiger partial charge in [0.15, 0.2) is 15.7 Å². The zero-order valence-corrected chi connectivity index (χ0v) is 24.5. The van der Waals surface area contributed by atoms with Crippen molar-refractivity contribution in [1.29, 1.82) is 0 Å². The zero-order chi connectivity index (χ0) is 31.6. The van der Waals surface area contributed by atoms with Crippen LogP contribution in [0.2, 0.25) is 0 Å². The fraction of sp³-hybridized carbons (Fsp3) is 0.269. The Kier molecular flexibility index (Phi) is 8.98. The maximum Gasteiger partial charge on any atom is 0.416 e. The lowest BCUT2D eigenvalue weighted by Crippen LogP contribution is -2.43. The molecule has 0 aliphatic carbocycles. The predicted molar refractivity (Wildman–Crippen MR) is 151 cm³/mol. The van der Waals surface area contributed by atoms with E-state index in [1.807, 2.05) is 0 Å². The molecule has 2 N–H and O–H groups in total. The molecule has 2 aromatic carbocycles. The smallest absolute Gasteiger partial charge is 0.416 e. The monoisotopic (exact) mass is 641 g/mol. The highest BCUT2D eigenvalue weighted by Gasteiger charge is 2.33. The minimum atomic E-state index is -4.50. The van der Waals surface area contributed by atoms with Crippen molar-refractivity contribution in [3.05, 3.63) is 72.2 Å². The molecule has 0 spiro atoms. The van der Waals surface area contributed by atoms with Crippen LogP contribution in [0, 0.1) is 6.92 Å². The van der Waals surface area contributed by atoms with Gasteiger partial charge in [0.1, 0.15) is 23.3 Å². The van der Waals surface area contributed by atoms with E-state index in [-0.39, 0.29) is 18.8 Å². The number of aryl methyl sites for hydroxylation is 1. The number of rotatable bonds is 11. The second-order valence-corrected chi connectivity index (χ2v) is 13.1. The van der Waals surface area contributed by atoms with Gasteiger partial charge in [0.2, 0.25) is 0 Å². The summed E-state index contributed by atoms with van der Waals surface area (Å²) >= 11 is 0. The Bertz CT molecular complexity index is 1880. The van der Waals surface area contributed by atoms with Gasteiger partial charge in [-0.15, -0.1) is 0 Å². The van der Waals surface area contributed by atoms with E-state index in [1.54, 1.807) is 42.0 Å². The summed E-state index contributed by atoms with van der Waals surface area (Å²) in [7, 11) is -8.43. The minimum absolute atomic E-state index is 0.0341. The van der Waals surface area contributed by atoms with Gasteiger partial charge in [-0.05, 0) is 55.0 Å². The fourth-order valence-electron chi connectivity index (χ4n) is 4.00. The molecule has 0 aliphatic heterocycles. The molecule has 4 aromatic rings. The van der Waals surface area contributed by atoms with Crippen LogP contribution in [0.1, 0.15) is 11.1 Å². The van der Waals surface area contributed by atoms with E-state index >= 15 is 0 Å². The molecule has 0 aliphatic rings. The normalized spacial score (nSPS) is 13.1. The van der Waals surface area contributed by atoms with Gasteiger partial charge in [0.25, 0.3) is 21.5 Å². The van der Waals surface area contributed by atoms with E-state index in [0.717, 1.165) is 12.1 Å². The quantitative estimate of drug-likeness (QED) is 0.231. The van der Waals surface area contributed by atoms with Crippen molar-refractivity contribution < 1.29 is 43.7 Å². The summed E-state index contributed by atoms with van der Waals surface area (Å²) in [6.45, 7) is 1.78. The predicted octanol–water partition coefficient (Wildman–Crippen LogP) is 3.76. The lowest BCUT2D eigenvalue weighted by Gasteiger charge is -2.15. The number of benzene rings is 2. The van der Waals surface area contributed by atoms with Crippen molar-refractivity contribution in [1.82, 2.24) is 19.9 Å². The van der Waals surface area contributed by atoms with Crippen LogP contribution in [-0.4, -0.2) is 61.8 Å². The first-order valence-corrected chi connectivity index (χ1v) is 16.2. The Morgan fingerprint density at radius 1 is 1.05 bits per heavy atom. The first-order valence-electron chi connectivity index (χ1n) is 12.4. The van der Waals surface area contributed by atoms with Crippen molar-refractivity contribution in [3.8, 4) is 11.5 Å². The average Bonchev–Trinajstić information content (AvgIpc) is 3.31. The molecule has 0 bridgehead atoms. The maximum absolute atomic E-state index is 13.1. The summed E-state index contributed by atoms with van der Waals surface area (Å²) in [6, 6.07) is 11.2. The second-order valence-electron chi connectivity index (χ2n) is 9.45. The number of sulfone groups is 1. The summed E-state index contributed by atoms with van der Waals surface area (Å²) in [4.78, 5) is 20.9. The van der Waals surface area contributed by atoms with Gasteiger partial charge in [0, 0.05) is 31.2 Å². The van der Waals surface area contributed by atoms with Crippen molar-refractivity contribution in [2.24, 2.45) is 0 Å². The number of ether oxygens (including phenoxy) is 1. The van der Waals surface area contributed by atoms with E-state index in [1.165, 1.54) is 18.5 Å². The largest absolute Gasteiger partial charge is 0.457 e. The molecule has 2 aromatic heterocycles. The van der Waals surface area contributed by atoms with Crippen LogP contribution in [0.4, 0.5) is 24.7 Å². The molecule has 4 rings (SSSR count). The molecule has 1 amide bonds. The Hall–Kier alpha value is -4.22. The number of nitrogens with zero attached hydrogens (tertiary/aromatic N) is 3. The number of hydrogen-bond donors (Lipinski definition) is 2. The molecule has 230 valence electrons. The van der Waals surface area contributed by atoms with Gasteiger partial charge in [0.05, 0.1) is 17.3 Å². The Labute approximate surface area is 244 Å². The molecule has 0 fully saturated rings. The summed E-state index contributed by atoms with van der Waals surface area (Å²) in [6.07, 6.45) is -0.164. The molecule has 17 heteroatoms. The average molecular weight is 642 g/mol. The van der Waals surface area contributed by atoms with Crippen LogP contribution in [-0.2, 0) is 41.7 Å². The summed E-state index contributed by atoms with van der Waals surface area (Å²) in [5, 5.41) is 5.53. The molecule has 1 atom stereocenters. The van der Waals surface area contributed by atoms with Crippen molar-refractivity contribution in [2.75, 3.05) is 24.4 Å². The molecule has 1 unspecified atom stereocenters. The second kappa shape index (κ2) is 12.2. The number of nitrogens with one attached hydrogen (secondary N) is 2. The van der Waals surface area contributed by atoms with Crippen LogP contribution < -0.4 is 15.4 Å². The van der Waals surface area contributed by atoms with Gasteiger partial charge in [-0.25, -0.2) is 22.6 Å². The van der Waals surface area contributed by atoms with Crippen molar-refractivity contribution in [2.45, 2.75) is 25.1 Å². The molecule has 0 saturated heterocycles. The number of anilines is 2. The van der Waals surface area contributed by atoms with Crippen LogP contribution in [0.15, 0.2) is 61.1 Å². The number of amides is 1. The first-order chi connectivity index (χ1) is 20.0. The van der Waals surface area contributed by atoms with E-state index in [4.69, 9.17) is 4.74 Å². The number of carbonyl (C=O) groups is 1. The number of alkyl halides is 3. The first kappa shape index (κ1) is 31.7. The molecule has 0 saturated carbocycles. The minimum Gasteiger partial charge on any atom is -0.457 e. The van der Waals surface area contributed by atoms with Crippen LogP contribution in [0.5, 0.6) is 11.5 Å². The number of hydrogen-bond acceptors (Lipinski definition) is 10. The molecular weight excluding hydrogens is 615 g/mol. The van der Waals surface area contributed by atoms with Gasteiger partial charge < -0.3 is 19.9 Å². The standard InChI is InChI=1S/C26H26F3N5O7S2/c1-16-13-18(7-8-21(16)40-19-6-4-5-17(14-19)26(27,28)29)33-23-22-20(31-15-32-23)9-11-34(22)12-10-30-24(35)25(42(2,36)37)41-43(3,38)39/h4-9,11,13-15,25H,10,12H2,1-3H3,(H,30,35)(H,31,32,33). The molecule has 2 heterocycles. The maximum atomic E-state index is 13.1. The Morgan fingerprint density at radius 2 is 1.79 bits per heavy atom. The van der Waals surface area contributed by atoms with Gasteiger partial charge in [-0.3, -0.25) is 4.79 Å². The highest BCUT2D eigenvalue weighted by atomic mass is 32.2. The number of carbonyl (C=O) groups excluding carboxylic acids is 1. The fourth-order valence-corrected chi connectivity index (χ4v) is 5.88. The number of fused-ring (bicyclic) bond motifs is 1. The van der Waals surface area contributed by atoms with Crippen molar-refractivity contribution >= 4 is 48.4 Å². The number of aromatic nitrogens is 3. The molecule has 12 nitrogen and oxygen atoms in total. The van der Waals surface area contributed by atoms with E-state index in [2.05, 4.69) is 24.8 Å². The molecule has 43 heavy (non-hydrogen) atoms. The lowest BCUT2D eigenvalue weighted by molar-refractivity contribution is -0.137. The van der Waals surface area contributed by atoms with Crippen LogP contribution in [0.3, 0.4) is 0 Å². The highest BCUT2D eigenvalue weighted by Crippen LogP contribution is 2.34. The van der Waals surface area contributed by atoms with E-state index in [9.17, 15) is 34.8 Å². The lowest BCUT2D eigenvalue weighted by atomic mass is 10.2.